The van der Waals surface area contributed by atoms with Gasteiger partial charge in [0.25, 0.3) is 0 Å². The molecule has 0 spiro atoms. The third-order valence-electron chi connectivity index (χ3n) is 2.07. The highest BCUT2D eigenvalue weighted by atomic mass is 32.1. The van der Waals surface area contributed by atoms with E-state index in [0.29, 0.717) is 19.4 Å². The maximum atomic E-state index is 10.9. The Balaban J connectivity index is 3.25. The lowest BCUT2D eigenvalue weighted by Gasteiger charge is -2.07. The molecular formula is C9H20NO5PS. The Morgan fingerprint density at radius 2 is 2.00 bits per heavy atom. The highest BCUT2D eigenvalue weighted by Crippen LogP contribution is 2.44. The van der Waals surface area contributed by atoms with Gasteiger partial charge in [0.15, 0.2) is 0 Å². The van der Waals surface area contributed by atoms with E-state index in [1.54, 1.807) is 0 Å². The van der Waals surface area contributed by atoms with Crippen LogP contribution in [0.5, 0.6) is 0 Å². The van der Waals surface area contributed by atoms with Gasteiger partial charge in [-0.15, -0.1) is 0 Å². The Morgan fingerprint density at radius 1 is 1.35 bits per heavy atom. The fraction of sp³-hybridized carbons (Fsp3) is 0.889. The van der Waals surface area contributed by atoms with Crippen LogP contribution in [0.15, 0.2) is 0 Å². The second kappa shape index (κ2) is 9.91. The predicted molar refractivity (Wildman–Crippen MR) is 67.6 cm³/mol. The molecule has 17 heavy (non-hydrogen) atoms. The first-order valence-corrected chi connectivity index (χ1v) is 7.45. The van der Waals surface area contributed by atoms with Gasteiger partial charge in [0.05, 0.1) is 6.61 Å². The number of nitrogens with one attached hydrogen (secondary N) is 1. The summed E-state index contributed by atoms with van der Waals surface area (Å²) >= 11 is 3.22. The number of hydrogen-bond acceptors (Lipinski definition) is 5. The van der Waals surface area contributed by atoms with Gasteiger partial charge in [-0.1, -0.05) is 19.8 Å². The van der Waals surface area contributed by atoms with Crippen molar-refractivity contribution in [2.45, 2.75) is 39.0 Å². The molecule has 0 rings (SSSR count). The minimum atomic E-state index is -3.94. The molecule has 8 heteroatoms. The van der Waals surface area contributed by atoms with Crippen LogP contribution in [0.3, 0.4) is 0 Å². The number of rotatable bonds is 10. The SMILES string of the molecule is CCC(=O)NCCCCCCOP(=O)(O)OS. The lowest BCUT2D eigenvalue weighted by molar-refractivity contribution is -0.120. The van der Waals surface area contributed by atoms with Gasteiger partial charge in [-0.25, -0.2) is 8.54 Å². The summed E-state index contributed by atoms with van der Waals surface area (Å²) in [4.78, 5) is 19.7. The fourth-order valence-electron chi connectivity index (χ4n) is 1.14. The summed E-state index contributed by atoms with van der Waals surface area (Å²) in [6.45, 7) is 2.64. The lowest BCUT2D eigenvalue weighted by atomic mass is 10.2. The highest BCUT2D eigenvalue weighted by molar-refractivity contribution is 7.80. The number of carbonyl (C=O) groups is 1. The average molecular weight is 285 g/mol. The van der Waals surface area contributed by atoms with Gasteiger partial charge in [0, 0.05) is 13.0 Å². The van der Waals surface area contributed by atoms with Crippen molar-refractivity contribution in [3.8, 4) is 0 Å². The summed E-state index contributed by atoms with van der Waals surface area (Å²) < 4.78 is 19.4. The van der Waals surface area contributed by atoms with Crippen molar-refractivity contribution in [3.63, 3.8) is 0 Å². The van der Waals surface area contributed by atoms with Gasteiger partial charge in [0.1, 0.15) is 0 Å². The summed E-state index contributed by atoms with van der Waals surface area (Å²) in [5.41, 5.74) is 0. The number of thiol groups is 1. The average Bonchev–Trinajstić information content (AvgIpc) is 2.32. The Morgan fingerprint density at radius 3 is 2.59 bits per heavy atom. The van der Waals surface area contributed by atoms with Crippen molar-refractivity contribution in [2.24, 2.45) is 0 Å². The normalized spacial score (nSPS) is 14.3. The third kappa shape index (κ3) is 10.8. The Bertz CT molecular complexity index is 264. The molecule has 0 aromatic carbocycles. The molecule has 0 saturated carbocycles. The van der Waals surface area contributed by atoms with Gasteiger partial charge in [-0.2, -0.15) is 0 Å². The topological polar surface area (TPSA) is 84.9 Å². The van der Waals surface area contributed by atoms with E-state index in [2.05, 4.69) is 26.7 Å². The molecule has 0 heterocycles. The molecule has 0 aliphatic rings. The molecule has 1 atom stereocenters. The molecule has 0 radical (unpaired) electrons. The van der Waals surface area contributed by atoms with E-state index in [4.69, 9.17) is 4.89 Å². The summed E-state index contributed by atoms with van der Waals surface area (Å²) in [5.74, 6) is 0.0560. The molecule has 6 nitrogen and oxygen atoms in total. The minimum absolute atomic E-state index is 0.0560. The maximum absolute atomic E-state index is 10.9. The van der Waals surface area contributed by atoms with E-state index in [0.717, 1.165) is 19.3 Å². The van der Waals surface area contributed by atoms with Crippen molar-refractivity contribution in [1.29, 1.82) is 0 Å². The van der Waals surface area contributed by atoms with Gasteiger partial charge in [-0.05, 0) is 25.8 Å². The summed E-state index contributed by atoms with van der Waals surface area (Å²) in [5, 5.41) is 2.77. The number of amides is 1. The first-order chi connectivity index (χ1) is 8.02. The molecule has 0 aromatic rings. The zero-order valence-corrected chi connectivity index (χ0v) is 11.7. The van der Waals surface area contributed by atoms with Gasteiger partial charge >= 0.3 is 7.82 Å². The third-order valence-corrected chi connectivity index (χ3v) is 3.41. The molecule has 0 aliphatic carbocycles. The number of phosphoric ester groups is 1. The molecule has 0 aromatic heterocycles. The van der Waals surface area contributed by atoms with E-state index in [1.807, 2.05) is 6.92 Å². The Kier molecular flexibility index (Phi) is 9.87. The quantitative estimate of drug-likeness (QED) is 0.247. The smallest absolute Gasteiger partial charge is 0.356 e. The van der Waals surface area contributed by atoms with Crippen LogP contribution in [0.4, 0.5) is 0 Å². The molecule has 2 N–H and O–H groups in total. The number of phosphoric acid groups is 1. The zero-order chi connectivity index (χ0) is 13.1. The van der Waals surface area contributed by atoms with Crippen molar-refractivity contribution in [2.75, 3.05) is 13.2 Å². The van der Waals surface area contributed by atoms with Crippen LogP contribution >= 0.6 is 20.7 Å². The summed E-state index contributed by atoms with van der Waals surface area (Å²) in [6.07, 6.45) is 3.87. The first-order valence-electron chi connectivity index (χ1n) is 5.59. The van der Waals surface area contributed by atoms with Crippen LogP contribution < -0.4 is 5.32 Å². The molecule has 0 bridgehead atoms. The van der Waals surface area contributed by atoms with E-state index >= 15 is 0 Å². The molecule has 1 amide bonds. The van der Waals surface area contributed by atoms with Gasteiger partial charge in [0.2, 0.25) is 5.91 Å². The first kappa shape index (κ1) is 16.9. The van der Waals surface area contributed by atoms with E-state index in [-0.39, 0.29) is 12.5 Å². The van der Waals surface area contributed by atoms with Crippen molar-refractivity contribution in [1.82, 2.24) is 5.32 Å². The second-order valence-electron chi connectivity index (χ2n) is 3.50. The van der Waals surface area contributed by atoms with E-state index in [1.165, 1.54) is 0 Å². The van der Waals surface area contributed by atoms with Crippen LogP contribution in [-0.4, -0.2) is 24.0 Å². The molecule has 1 unspecified atom stereocenters. The molecule has 0 fully saturated rings. The maximum Gasteiger partial charge on any atom is 0.483 e. The zero-order valence-electron chi connectivity index (χ0n) is 9.92. The van der Waals surface area contributed by atoms with Gasteiger partial charge < -0.3 is 10.2 Å². The summed E-state index contributed by atoms with van der Waals surface area (Å²) in [6, 6.07) is 0. The fourth-order valence-corrected chi connectivity index (χ4v) is 1.69. The minimum Gasteiger partial charge on any atom is -0.356 e. The number of unbranched alkanes of at least 4 members (excludes halogenated alkanes) is 3. The summed E-state index contributed by atoms with van der Waals surface area (Å²) in [7, 11) is -3.94. The van der Waals surface area contributed by atoms with Crippen LogP contribution in [-0.2, 0) is 17.9 Å². The van der Waals surface area contributed by atoms with Crippen molar-refractivity contribution in [3.05, 3.63) is 0 Å². The van der Waals surface area contributed by atoms with Crippen molar-refractivity contribution < 1.29 is 22.7 Å². The van der Waals surface area contributed by atoms with Crippen LogP contribution in [0, 0.1) is 0 Å². The Hall–Kier alpha value is -0.0700. The molecule has 102 valence electrons. The van der Waals surface area contributed by atoms with Crippen LogP contribution in [0.1, 0.15) is 39.0 Å². The van der Waals surface area contributed by atoms with E-state index < -0.39 is 7.82 Å². The predicted octanol–water partition coefficient (Wildman–Crippen LogP) is 2.05. The molecule has 0 aliphatic heterocycles. The lowest BCUT2D eigenvalue weighted by Crippen LogP contribution is -2.23. The van der Waals surface area contributed by atoms with Crippen molar-refractivity contribution >= 4 is 26.6 Å². The van der Waals surface area contributed by atoms with Crippen LogP contribution in [0.25, 0.3) is 0 Å². The molecular weight excluding hydrogens is 265 g/mol. The Labute approximate surface area is 107 Å². The van der Waals surface area contributed by atoms with E-state index in [9.17, 15) is 9.36 Å². The monoisotopic (exact) mass is 285 g/mol. The standard InChI is InChI=1S/C9H20NO5PS/c1-2-9(11)10-7-5-3-4-6-8-14-16(12,13)15-17/h17H,2-8H2,1H3,(H,10,11)(H,12,13). The van der Waals surface area contributed by atoms with Crippen LogP contribution in [0.2, 0.25) is 0 Å². The molecule has 0 saturated heterocycles. The second-order valence-corrected chi connectivity index (χ2v) is 5.35. The number of hydrogen-bond donors (Lipinski definition) is 3. The van der Waals surface area contributed by atoms with Gasteiger partial charge in [-0.3, -0.25) is 9.32 Å². The highest BCUT2D eigenvalue weighted by Gasteiger charge is 2.18. The number of carbonyl (C=O) groups excluding carboxylic acids is 1. The largest absolute Gasteiger partial charge is 0.483 e.